The highest BCUT2D eigenvalue weighted by molar-refractivity contribution is 6.05. The van der Waals surface area contributed by atoms with Crippen molar-refractivity contribution >= 4 is 29.3 Å². The molecule has 41 heavy (non-hydrogen) atoms. The zero-order chi connectivity index (χ0) is 28.1. The van der Waals surface area contributed by atoms with Crippen molar-refractivity contribution in [1.29, 1.82) is 0 Å². The number of amides is 4. The van der Waals surface area contributed by atoms with Crippen LogP contribution in [0.1, 0.15) is 69.4 Å². The van der Waals surface area contributed by atoms with Crippen molar-refractivity contribution in [2.75, 3.05) is 24.5 Å². The van der Waals surface area contributed by atoms with Gasteiger partial charge in [-0.1, -0.05) is 30.3 Å². The van der Waals surface area contributed by atoms with Crippen LogP contribution in [0.2, 0.25) is 0 Å². The number of nitrogens with zero attached hydrogens (tertiary/aromatic N) is 5. The molecule has 10 nitrogen and oxygen atoms in total. The van der Waals surface area contributed by atoms with Crippen LogP contribution in [0.15, 0.2) is 54.7 Å². The number of rotatable bonds is 5. The topological polar surface area (TPSA) is 108 Å². The molecule has 1 aromatic heterocycles. The van der Waals surface area contributed by atoms with E-state index < -0.39 is 6.04 Å². The van der Waals surface area contributed by atoms with Gasteiger partial charge >= 0.3 is 0 Å². The van der Waals surface area contributed by atoms with Gasteiger partial charge in [-0.2, -0.15) is 0 Å². The molecule has 1 atom stereocenters. The van der Waals surface area contributed by atoms with Crippen LogP contribution in [-0.4, -0.2) is 68.7 Å². The van der Waals surface area contributed by atoms with E-state index in [0.717, 1.165) is 49.4 Å². The number of fused-ring (bicyclic) bond motifs is 2. The maximum absolute atomic E-state index is 13.1. The molecule has 2 saturated heterocycles. The summed E-state index contributed by atoms with van der Waals surface area (Å²) in [6.07, 6.45) is 4.64. The van der Waals surface area contributed by atoms with E-state index in [2.05, 4.69) is 22.3 Å². The molecule has 7 rings (SSSR count). The zero-order valence-corrected chi connectivity index (χ0v) is 22.8. The van der Waals surface area contributed by atoms with Crippen LogP contribution in [-0.2, 0) is 29.2 Å². The number of hydrogen-bond donors (Lipinski definition) is 1. The molecule has 10 heteroatoms. The fourth-order valence-electron chi connectivity index (χ4n) is 6.67. The number of anilines is 1. The number of aromatic nitrogens is 2. The molecule has 4 amide bonds. The van der Waals surface area contributed by atoms with Crippen LogP contribution in [0.5, 0.6) is 0 Å². The minimum Gasteiger partial charge on any atom is -0.325 e. The summed E-state index contributed by atoms with van der Waals surface area (Å²) in [7, 11) is 0. The largest absolute Gasteiger partial charge is 0.325 e. The normalized spacial score (nSPS) is 21.7. The lowest BCUT2D eigenvalue weighted by Gasteiger charge is -2.31. The summed E-state index contributed by atoms with van der Waals surface area (Å²) >= 11 is 0. The maximum Gasteiger partial charge on any atom is 0.294 e. The molecule has 5 heterocycles. The average molecular weight is 553 g/mol. The number of para-hydroxylation sites is 1. The number of benzene rings is 2. The van der Waals surface area contributed by atoms with Gasteiger partial charge in [-0.3, -0.25) is 29.4 Å². The Hall–Kier alpha value is -4.31. The third kappa shape index (κ3) is 4.72. The molecule has 1 unspecified atom stereocenters. The number of imidazole rings is 1. The van der Waals surface area contributed by atoms with Gasteiger partial charge in [0.05, 0.1) is 5.69 Å². The monoisotopic (exact) mass is 552 g/mol. The van der Waals surface area contributed by atoms with Gasteiger partial charge < -0.3 is 14.4 Å². The molecule has 0 bridgehead atoms. The Morgan fingerprint density at radius 2 is 1.68 bits per heavy atom. The average Bonchev–Trinajstić information content (AvgIpc) is 3.54. The summed E-state index contributed by atoms with van der Waals surface area (Å²) in [6.45, 7) is 4.33. The fourth-order valence-corrected chi connectivity index (χ4v) is 6.67. The number of likely N-dealkylation sites (tertiary alicyclic amines) is 1. The van der Waals surface area contributed by atoms with Gasteiger partial charge in [-0.15, -0.1) is 0 Å². The predicted molar refractivity (Wildman–Crippen MR) is 150 cm³/mol. The first-order valence-electron chi connectivity index (χ1n) is 14.4. The van der Waals surface area contributed by atoms with E-state index in [1.807, 2.05) is 47.2 Å². The number of carbonyl (C=O) groups excluding carboxylic acids is 4. The van der Waals surface area contributed by atoms with Gasteiger partial charge in [0.25, 0.3) is 11.8 Å². The minimum atomic E-state index is -0.593. The minimum absolute atomic E-state index is 0.0568. The second-order valence-corrected chi connectivity index (χ2v) is 11.4. The van der Waals surface area contributed by atoms with E-state index in [4.69, 9.17) is 4.98 Å². The van der Waals surface area contributed by atoms with E-state index in [9.17, 15) is 19.2 Å². The van der Waals surface area contributed by atoms with Crippen molar-refractivity contribution in [2.45, 2.75) is 57.3 Å². The second-order valence-electron chi connectivity index (χ2n) is 11.4. The Morgan fingerprint density at radius 3 is 2.46 bits per heavy atom. The van der Waals surface area contributed by atoms with Crippen LogP contribution in [0.3, 0.4) is 0 Å². The van der Waals surface area contributed by atoms with Crippen LogP contribution in [0.25, 0.3) is 0 Å². The molecular formula is C31H32N6O4. The van der Waals surface area contributed by atoms with Gasteiger partial charge in [0.15, 0.2) is 5.82 Å². The molecule has 4 aliphatic rings. The summed E-state index contributed by atoms with van der Waals surface area (Å²) in [5.74, 6) is 0.0467. The highest BCUT2D eigenvalue weighted by Crippen LogP contribution is 2.34. The summed E-state index contributed by atoms with van der Waals surface area (Å²) < 4.78 is 1.98. The molecule has 210 valence electrons. The van der Waals surface area contributed by atoms with E-state index in [1.54, 1.807) is 9.80 Å². The number of piperidine rings is 2. The third-order valence-electron chi connectivity index (χ3n) is 8.89. The van der Waals surface area contributed by atoms with Crippen molar-refractivity contribution in [3.8, 4) is 0 Å². The zero-order valence-electron chi connectivity index (χ0n) is 22.8. The van der Waals surface area contributed by atoms with Gasteiger partial charge in [0.1, 0.15) is 6.04 Å². The van der Waals surface area contributed by atoms with Gasteiger partial charge in [0.2, 0.25) is 11.8 Å². The van der Waals surface area contributed by atoms with Crippen LogP contribution < -0.4 is 10.2 Å². The lowest BCUT2D eigenvalue weighted by molar-refractivity contribution is -0.136. The molecular weight excluding hydrogens is 520 g/mol. The highest BCUT2D eigenvalue weighted by Gasteiger charge is 2.39. The van der Waals surface area contributed by atoms with Gasteiger partial charge in [0, 0.05) is 50.0 Å². The molecule has 4 aliphatic heterocycles. The summed E-state index contributed by atoms with van der Waals surface area (Å²) in [5, 5.41) is 2.36. The van der Waals surface area contributed by atoms with Crippen LogP contribution in [0, 0.1) is 0 Å². The molecule has 0 aliphatic carbocycles. The van der Waals surface area contributed by atoms with Crippen LogP contribution >= 0.6 is 0 Å². The van der Waals surface area contributed by atoms with E-state index in [-0.39, 0.29) is 30.0 Å². The summed E-state index contributed by atoms with van der Waals surface area (Å²) in [4.78, 5) is 60.6. The van der Waals surface area contributed by atoms with Crippen molar-refractivity contribution in [3.63, 3.8) is 0 Å². The van der Waals surface area contributed by atoms with Crippen molar-refractivity contribution in [2.24, 2.45) is 0 Å². The predicted octanol–water partition coefficient (Wildman–Crippen LogP) is 2.68. The van der Waals surface area contributed by atoms with E-state index in [0.29, 0.717) is 43.4 Å². The van der Waals surface area contributed by atoms with E-state index in [1.165, 1.54) is 5.56 Å². The summed E-state index contributed by atoms with van der Waals surface area (Å²) in [5.41, 5.74) is 4.66. The number of hydrogen-bond acceptors (Lipinski definition) is 6. The maximum atomic E-state index is 13.1. The quantitative estimate of drug-likeness (QED) is 0.488. The summed E-state index contributed by atoms with van der Waals surface area (Å²) in [6, 6.07) is 15.2. The first kappa shape index (κ1) is 25.6. The molecule has 0 saturated carbocycles. The van der Waals surface area contributed by atoms with Gasteiger partial charge in [-0.25, -0.2) is 4.98 Å². The lowest BCUT2D eigenvalue weighted by atomic mass is 9.88. The lowest BCUT2D eigenvalue weighted by Crippen LogP contribution is -2.52. The standard InChI is InChI=1S/C31H32N6O4/c38-27-9-8-26(29(39)33-27)37-17-22-16-21(6-7-25(22)30(37)40)20-10-12-34(13-11-20)18-23-19-35-14-15-36(31(41)28(35)32-23)24-4-2-1-3-5-24/h1-7,16,19-20,26H,8-15,17-18H2,(H,33,38,39). The molecule has 3 aromatic rings. The number of nitrogens with one attached hydrogen (secondary N) is 1. The van der Waals surface area contributed by atoms with Crippen molar-refractivity contribution < 1.29 is 19.2 Å². The Balaban J connectivity index is 0.971. The second kappa shape index (κ2) is 10.3. The van der Waals surface area contributed by atoms with Crippen molar-refractivity contribution in [3.05, 3.63) is 82.9 Å². The fraction of sp³-hybridized carbons (Fsp3) is 0.387. The molecule has 0 radical (unpaired) electrons. The highest BCUT2D eigenvalue weighted by atomic mass is 16.2. The Morgan fingerprint density at radius 1 is 0.878 bits per heavy atom. The molecule has 0 spiro atoms. The smallest absolute Gasteiger partial charge is 0.294 e. The number of imide groups is 1. The first-order chi connectivity index (χ1) is 19.9. The molecule has 2 fully saturated rings. The van der Waals surface area contributed by atoms with Crippen molar-refractivity contribution in [1.82, 2.24) is 24.7 Å². The van der Waals surface area contributed by atoms with E-state index >= 15 is 0 Å². The van der Waals surface area contributed by atoms with Gasteiger partial charge in [-0.05, 0) is 67.6 Å². The van der Waals surface area contributed by atoms with Crippen LogP contribution in [0.4, 0.5) is 5.69 Å². The Kier molecular flexibility index (Phi) is 6.42. The SMILES string of the molecule is O=C1CCC(N2Cc3cc(C4CCN(Cc5cn6c(n5)C(=O)N(c5ccccc5)CC6)CC4)ccc3C2=O)C(=O)N1. The Bertz CT molecular complexity index is 1540. The molecule has 1 N–H and O–H groups in total. The third-order valence-corrected chi connectivity index (χ3v) is 8.89. The number of carbonyl (C=O) groups is 4. The first-order valence-corrected chi connectivity index (χ1v) is 14.4. The Labute approximate surface area is 237 Å². The molecule has 2 aromatic carbocycles.